The molecule has 0 amide bonds. The van der Waals surface area contributed by atoms with Gasteiger partial charge in [-0.3, -0.25) is 15.1 Å². The summed E-state index contributed by atoms with van der Waals surface area (Å²) < 4.78 is 5.54. The fourth-order valence-electron chi connectivity index (χ4n) is 3.44. The van der Waals surface area contributed by atoms with Crippen molar-refractivity contribution in [3.8, 4) is 5.75 Å². The van der Waals surface area contributed by atoms with Gasteiger partial charge in [-0.15, -0.1) is 0 Å². The fourth-order valence-corrected chi connectivity index (χ4v) is 3.44. The van der Waals surface area contributed by atoms with E-state index in [1.165, 1.54) is 12.1 Å². The van der Waals surface area contributed by atoms with E-state index in [9.17, 15) is 10.1 Å². The van der Waals surface area contributed by atoms with E-state index in [1.54, 1.807) is 19.2 Å². The first-order valence-corrected chi connectivity index (χ1v) is 8.97. The minimum absolute atomic E-state index is 0.0164. The molecule has 1 heterocycles. The summed E-state index contributed by atoms with van der Waals surface area (Å²) in [5.74, 6) is 0.747. The lowest BCUT2D eigenvalue weighted by molar-refractivity contribution is -0.384. The van der Waals surface area contributed by atoms with Gasteiger partial charge < -0.3 is 4.74 Å². The summed E-state index contributed by atoms with van der Waals surface area (Å²) in [6, 6.07) is 24.5. The second-order valence-corrected chi connectivity index (χ2v) is 6.50. The number of hydrogen-bond acceptors (Lipinski definition) is 5. The average molecular weight is 373 g/mol. The topological polar surface area (TPSA) is 68.0 Å². The molecule has 3 aromatic carbocycles. The lowest BCUT2D eigenvalue weighted by Crippen LogP contribution is -2.19. The molecule has 0 bridgehead atoms. The zero-order valence-electron chi connectivity index (χ0n) is 15.4. The van der Waals surface area contributed by atoms with Crippen molar-refractivity contribution < 1.29 is 9.66 Å². The van der Waals surface area contributed by atoms with Gasteiger partial charge >= 0.3 is 0 Å². The van der Waals surface area contributed by atoms with Crippen LogP contribution in [-0.4, -0.2) is 17.7 Å². The number of nitrogens with zero attached hydrogens (tertiary/aromatic N) is 3. The summed E-state index contributed by atoms with van der Waals surface area (Å²) in [6.07, 6.45) is 0.694. The van der Waals surface area contributed by atoms with E-state index >= 15 is 0 Å². The fraction of sp³-hybridized carbons (Fsp3) is 0.136. The monoisotopic (exact) mass is 373 g/mol. The summed E-state index contributed by atoms with van der Waals surface area (Å²) in [4.78, 5) is 10.5. The van der Waals surface area contributed by atoms with Crippen LogP contribution < -0.4 is 9.75 Å². The number of anilines is 1. The van der Waals surface area contributed by atoms with Crippen LogP contribution in [0.5, 0.6) is 5.75 Å². The van der Waals surface area contributed by atoms with Crippen molar-refractivity contribution in [2.75, 3.05) is 12.1 Å². The van der Waals surface area contributed by atoms with Crippen LogP contribution in [0, 0.1) is 10.1 Å². The Hall–Kier alpha value is -3.67. The molecular formula is C22H19N3O3. The molecule has 0 fully saturated rings. The highest BCUT2D eigenvalue weighted by Crippen LogP contribution is 2.40. The Bertz CT molecular complexity index is 1020. The Morgan fingerprint density at radius 2 is 1.68 bits per heavy atom. The molecule has 0 unspecified atom stereocenters. The van der Waals surface area contributed by atoms with Gasteiger partial charge in [0.1, 0.15) is 11.4 Å². The summed E-state index contributed by atoms with van der Waals surface area (Å²) in [5.41, 5.74) is 3.87. The number of hydrogen-bond donors (Lipinski definition) is 0. The summed E-state index contributed by atoms with van der Waals surface area (Å²) in [7, 11) is 1.65. The van der Waals surface area contributed by atoms with Crippen molar-refractivity contribution in [3.05, 3.63) is 100 Å². The molecule has 140 valence electrons. The molecule has 0 radical (unpaired) electrons. The number of para-hydroxylation sites is 2. The number of non-ortho nitro benzene ring substituents is 1. The van der Waals surface area contributed by atoms with Gasteiger partial charge in [0.15, 0.2) is 0 Å². The largest absolute Gasteiger partial charge is 0.495 e. The van der Waals surface area contributed by atoms with E-state index in [0.29, 0.717) is 6.42 Å². The number of methoxy groups -OCH3 is 1. The number of nitro benzene ring substituents is 1. The van der Waals surface area contributed by atoms with Crippen molar-refractivity contribution in [3.63, 3.8) is 0 Å². The summed E-state index contributed by atoms with van der Waals surface area (Å²) in [6.45, 7) is 0. The van der Waals surface area contributed by atoms with Crippen molar-refractivity contribution in [1.82, 2.24) is 0 Å². The van der Waals surface area contributed by atoms with E-state index in [1.807, 2.05) is 47.5 Å². The molecule has 6 heteroatoms. The molecule has 1 aliphatic rings. The first-order valence-electron chi connectivity index (χ1n) is 8.97. The zero-order chi connectivity index (χ0) is 19.5. The van der Waals surface area contributed by atoms with Gasteiger partial charge in [-0.2, -0.15) is 5.10 Å². The van der Waals surface area contributed by atoms with Crippen LogP contribution in [0.3, 0.4) is 0 Å². The number of hydrazone groups is 1. The SMILES string of the molecule is COc1ccccc1N1N=C(c2ccc([N+](=O)[O-])cc2)C[C@H]1c1ccccc1. The Labute approximate surface area is 162 Å². The molecule has 1 aliphatic heterocycles. The van der Waals surface area contributed by atoms with Crippen LogP contribution in [0.4, 0.5) is 11.4 Å². The minimum atomic E-state index is -0.395. The Morgan fingerprint density at radius 1 is 1.00 bits per heavy atom. The lowest BCUT2D eigenvalue weighted by atomic mass is 9.98. The normalized spacial score (nSPS) is 16.0. The lowest BCUT2D eigenvalue weighted by Gasteiger charge is -2.25. The van der Waals surface area contributed by atoms with Crippen molar-refractivity contribution in [2.45, 2.75) is 12.5 Å². The molecule has 0 saturated heterocycles. The zero-order valence-corrected chi connectivity index (χ0v) is 15.4. The standard InChI is InChI=1S/C22H19N3O3/c1-28-22-10-6-5-9-20(22)24-21(17-7-3-2-4-8-17)15-19(23-24)16-11-13-18(14-12-16)25(26)27/h2-14,21H,15H2,1H3/t21-/m0/s1. The van der Waals surface area contributed by atoms with Crippen LogP contribution in [0.1, 0.15) is 23.6 Å². The predicted octanol–water partition coefficient (Wildman–Crippen LogP) is 4.96. The second-order valence-electron chi connectivity index (χ2n) is 6.50. The van der Waals surface area contributed by atoms with Crippen molar-refractivity contribution in [1.29, 1.82) is 0 Å². The Balaban J connectivity index is 1.76. The molecule has 0 aromatic heterocycles. The highest BCUT2D eigenvalue weighted by molar-refractivity contribution is 6.03. The molecule has 0 spiro atoms. The van der Waals surface area contributed by atoms with Crippen molar-refractivity contribution >= 4 is 17.1 Å². The van der Waals surface area contributed by atoms with Gasteiger partial charge in [0.2, 0.25) is 0 Å². The highest BCUT2D eigenvalue weighted by atomic mass is 16.6. The number of benzene rings is 3. The molecule has 4 rings (SSSR count). The smallest absolute Gasteiger partial charge is 0.269 e. The third-order valence-corrected chi connectivity index (χ3v) is 4.84. The quantitative estimate of drug-likeness (QED) is 0.468. The van der Waals surface area contributed by atoms with Crippen LogP contribution in [0.25, 0.3) is 0 Å². The number of rotatable bonds is 5. The van der Waals surface area contributed by atoms with E-state index in [2.05, 4.69) is 12.1 Å². The van der Waals surface area contributed by atoms with Crippen molar-refractivity contribution in [2.24, 2.45) is 5.10 Å². The van der Waals surface area contributed by atoms with Gasteiger partial charge in [-0.05, 0) is 35.4 Å². The maximum Gasteiger partial charge on any atom is 0.269 e. The maximum atomic E-state index is 10.9. The Kier molecular flexibility index (Phi) is 4.76. The third-order valence-electron chi connectivity index (χ3n) is 4.84. The van der Waals surface area contributed by atoms with Gasteiger partial charge in [-0.25, -0.2) is 0 Å². The molecule has 3 aromatic rings. The highest BCUT2D eigenvalue weighted by Gasteiger charge is 2.31. The third kappa shape index (κ3) is 3.32. The first-order chi connectivity index (χ1) is 13.7. The molecule has 0 N–H and O–H groups in total. The van der Waals surface area contributed by atoms with Gasteiger partial charge in [0.25, 0.3) is 5.69 Å². The van der Waals surface area contributed by atoms with Crippen LogP contribution in [-0.2, 0) is 0 Å². The minimum Gasteiger partial charge on any atom is -0.495 e. The molecule has 0 aliphatic carbocycles. The number of ether oxygens (including phenoxy) is 1. The van der Waals surface area contributed by atoms with E-state index in [0.717, 1.165) is 28.3 Å². The summed E-state index contributed by atoms with van der Waals surface area (Å²) >= 11 is 0. The van der Waals surface area contributed by atoms with Gasteiger partial charge in [0, 0.05) is 18.6 Å². The van der Waals surface area contributed by atoms with Gasteiger partial charge in [0.05, 0.1) is 23.8 Å². The molecular weight excluding hydrogens is 354 g/mol. The predicted molar refractivity (Wildman–Crippen MR) is 109 cm³/mol. The van der Waals surface area contributed by atoms with Gasteiger partial charge in [-0.1, -0.05) is 42.5 Å². The average Bonchev–Trinajstić information content (AvgIpc) is 3.19. The second kappa shape index (κ2) is 7.52. The van der Waals surface area contributed by atoms with E-state index < -0.39 is 4.92 Å². The maximum absolute atomic E-state index is 10.9. The molecule has 1 atom stereocenters. The molecule has 28 heavy (non-hydrogen) atoms. The number of nitro groups is 1. The summed E-state index contributed by atoms with van der Waals surface area (Å²) in [5, 5.41) is 17.8. The molecule has 6 nitrogen and oxygen atoms in total. The van der Waals surface area contributed by atoms with Crippen LogP contribution in [0.15, 0.2) is 84.0 Å². The van der Waals surface area contributed by atoms with Crippen LogP contribution in [0.2, 0.25) is 0 Å². The Morgan fingerprint density at radius 3 is 2.36 bits per heavy atom. The van der Waals surface area contributed by atoms with E-state index in [4.69, 9.17) is 9.84 Å². The first kappa shape index (κ1) is 17.7. The van der Waals surface area contributed by atoms with E-state index in [-0.39, 0.29) is 11.7 Å². The molecule has 0 saturated carbocycles. The van der Waals surface area contributed by atoms with Crippen LogP contribution >= 0.6 is 0 Å².